The highest BCUT2D eigenvalue weighted by molar-refractivity contribution is 5.40. The third-order valence-corrected chi connectivity index (χ3v) is 5.44. The van der Waals surface area contributed by atoms with E-state index in [0.717, 1.165) is 44.2 Å². The van der Waals surface area contributed by atoms with Crippen LogP contribution in [0.4, 0.5) is 5.82 Å². The Morgan fingerprint density at radius 1 is 1.04 bits per heavy atom. The molecule has 5 heteroatoms. The second-order valence-corrected chi connectivity index (χ2v) is 7.32. The molecular formula is C20H27N5. The highest BCUT2D eigenvalue weighted by atomic mass is 15.2. The van der Waals surface area contributed by atoms with Crippen LogP contribution >= 0.6 is 0 Å². The molecule has 0 bridgehead atoms. The molecule has 25 heavy (non-hydrogen) atoms. The zero-order chi connectivity index (χ0) is 17.1. The Morgan fingerprint density at radius 3 is 2.60 bits per heavy atom. The van der Waals surface area contributed by atoms with Crippen molar-refractivity contribution >= 4 is 5.82 Å². The molecule has 2 fully saturated rings. The van der Waals surface area contributed by atoms with E-state index < -0.39 is 0 Å². The largest absolute Gasteiger partial charge is 0.357 e. The minimum absolute atomic E-state index is 0.561. The molecule has 2 aliphatic heterocycles. The van der Waals surface area contributed by atoms with Gasteiger partial charge in [-0.05, 0) is 57.8 Å². The van der Waals surface area contributed by atoms with E-state index in [1.165, 1.54) is 37.1 Å². The second-order valence-electron chi connectivity index (χ2n) is 7.32. The molecule has 2 aromatic heterocycles. The van der Waals surface area contributed by atoms with E-state index in [9.17, 15) is 0 Å². The van der Waals surface area contributed by atoms with Gasteiger partial charge in [-0.15, -0.1) is 0 Å². The highest BCUT2D eigenvalue weighted by Gasteiger charge is 2.23. The van der Waals surface area contributed by atoms with Crippen molar-refractivity contribution in [1.29, 1.82) is 0 Å². The number of piperidine rings is 1. The van der Waals surface area contributed by atoms with Crippen LogP contribution in [-0.2, 0) is 6.54 Å². The zero-order valence-electron chi connectivity index (χ0n) is 15.1. The summed E-state index contributed by atoms with van der Waals surface area (Å²) in [6, 6.07) is 8.52. The van der Waals surface area contributed by atoms with E-state index >= 15 is 0 Å². The number of pyridine rings is 1. The summed E-state index contributed by atoms with van der Waals surface area (Å²) in [4.78, 5) is 18.6. The zero-order valence-corrected chi connectivity index (χ0v) is 15.1. The van der Waals surface area contributed by atoms with E-state index in [1.54, 1.807) is 6.33 Å². The van der Waals surface area contributed by atoms with Gasteiger partial charge >= 0.3 is 0 Å². The number of aryl methyl sites for hydroxylation is 1. The summed E-state index contributed by atoms with van der Waals surface area (Å²) in [6.07, 6.45) is 6.66. The van der Waals surface area contributed by atoms with E-state index in [1.807, 2.05) is 0 Å². The lowest BCUT2D eigenvalue weighted by atomic mass is 9.93. The molecule has 0 atom stereocenters. The number of hydrogen-bond acceptors (Lipinski definition) is 5. The molecule has 0 saturated carbocycles. The fourth-order valence-corrected chi connectivity index (χ4v) is 4.01. The molecule has 4 rings (SSSR count). The molecule has 2 aliphatic rings. The van der Waals surface area contributed by atoms with Crippen molar-refractivity contribution < 1.29 is 0 Å². The van der Waals surface area contributed by atoms with Gasteiger partial charge in [-0.2, -0.15) is 0 Å². The van der Waals surface area contributed by atoms with Crippen LogP contribution < -0.4 is 4.90 Å². The predicted molar refractivity (Wildman–Crippen MR) is 99.7 cm³/mol. The Hall–Kier alpha value is -2.01. The topological polar surface area (TPSA) is 45.2 Å². The monoisotopic (exact) mass is 337 g/mol. The van der Waals surface area contributed by atoms with Gasteiger partial charge in [-0.25, -0.2) is 9.97 Å². The Kier molecular flexibility index (Phi) is 4.92. The first-order chi connectivity index (χ1) is 12.3. The fourth-order valence-electron chi connectivity index (χ4n) is 4.01. The van der Waals surface area contributed by atoms with E-state index in [-0.39, 0.29) is 0 Å². The molecular weight excluding hydrogens is 310 g/mol. The molecule has 0 amide bonds. The Labute approximate surface area is 150 Å². The van der Waals surface area contributed by atoms with Crippen molar-refractivity contribution in [3.05, 3.63) is 47.7 Å². The number of nitrogens with zero attached hydrogens (tertiary/aromatic N) is 5. The van der Waals surface area contributed by atoms with Crippen LogP contribution in [0.1, 0.15) is 48.7 Å². The Bertz CT molecular complexity index is 703. The van der Waals surface area contributed by atoms with Gasteiger partial charge in [0.1, 0.15) is 12.1 Å². The Morgan fingerprint density at radius 2 is 1.84 bits per heavy atom. The molecule has 0 aliphatic carbocycles. The van der Waals surface area contributed by atoms with Gasteiger partial charge in [-0.3, -0.25) is 9.88 Å². The standard InChI is InChI=1S/C20H27N5/c1-16-5-4-6-18(23-16)14-24-11-7-17(8-12-24)19-13-20(22-15-21-19)25-9-2-3-10-25/h4-6,13,15,17H,2-3,7-12,14H2,1H3. The maximum absolute atomic E-state index is 4.63. The van der Waals surface area contributed by atoms with Crippen LogP contribution in [0.15, 0.2) is 30.6 Å². The van der Waals surface area contributed by atoms with E-state index in [4.69, 9.17) is 0 Å². The number of likely N-dealkylation sites (tertiary alicyclic amines) is 1. The summed E-state index contributed by atoms with van der Waals surface area (Å²) in [5.74, 6) is 1.68. The van der Waals surface area contributed by atoms with Crippen LogP contribution in [0, 0.1) is 6.92 Å². The van der Waals surface area contributed by atoms with Gasteiger partial charge in [0.15, 0.2) is 0 Å². The molecule has 0 radical (unpaired) electrons. The molecule has 0 N–H and O–H groups in total. The first-order valence-electron chi connectivity index (χ1n) is 9.50. The Balaban J connectivity index is 1.36. The van der Waals surface area contributed by atoms with Gasteiger partial charge < -0.3 is 4.90 Å². The average molecular weight is 337 g/mol. The summed E-state index contributed by atoms with van der Waals surface area (Å²) in [5.41, 5.74) is 3.50. The van der Waals surface area contributed by atoms with Gasteiger partial charge in [0.25, 0.3) is 0 Å². The summed E-state index contributed by atoms with van der Waals surface area (Å²) >= 11 is 0. The normalized spacial score (nSPS) is 19.5. The quantitative estimate of drug-likeness (QED) is 0.857. The minimum Gasteiger partial charge on any atom is -0.357 e. The van der Waals surface area contributed by atoms with Crippen LogP contribution in [0.25, 0.3) is 0 Å². The smallest absolute Gasteiger partial charge is 0.132 e. The molecule has 0 aromatic carbocycles. The van der Waals surface area contributed by atoms with Crippen LogP contribution in [0.3, 0.4) is 0 Å². The summed E-state index contributed by atoms with van der Waals surface area (Å²) in [6.45, 7) is 7.52. The summed E-state index contributed by atoms with van der Waals surface area (Å²) in [7, 11) is 0. The lowest BCUT2D eigenvalue weighted by molar-refractivity contribution is 0.201. The number of rotatable bonds is 4. The fraction of sp³-hybridized carbons (Fsp3) is 0.550. The molecule has 0 spiro atoms. The maximum Gasteiger partial charge on any atom is 0.132 e. The van der Waals surface area contributed by atoms with Crippen LogP contribution in [0.2, 0.25) is 0 Å². The van der Waals surface area contributed by atoms with E-state index in [2.05, 4.69) is 55.9 Å². The number of aromatic nitrogens is 3. The predicted octanol–water partition coefficient (Wildman–Crippen LogP) is 3.16. The lowest BCUT2D eigenvalue weighted by Crippen LogP contribution is -2.33. The van der Waals surface area contributed by atoms with Crippen molar-refractivity contribution in [2.75, 3.05) is 31.1 Å². The van der Waals surface area contributed by atoms with Gasteiger partial charge in [-0.1, -0.05) is 6.07 Å². The molecule has 132 valence electrons. The van der Waals surface area contributed by atoms with Gasteiger partial charge in [0.2, 0.25) is 0 Å². The number of anilines is 1. The van der Waals surface area contributed by atoms with Crippen molar-refractivity contribution in [1.82, 2.24) is 19.9 Å². The van der Waals surface area contributed by atoms with Crippen molar-refractivity contribution in [2.45, 2.75) is 45.1 Å². The maximum atomic E-state index is 4.63. The third kappa shape index (κ3) is 3.98. The van der Waals surface area contributed by atoms with Crippen LogP contribution in [0.5, 0.6) is 0 Å². The molecule has 2 aromatic rings. The minimum atomic E-state index is 0.561. The van der Waals surface area contributed by atoms with E-state index in [0.29, 0.717) is 5.92 Å². The van der Waals surface area contributed by atoms with Crippen molar-refractivity contribution in [2.24, 2.45) is 0 Å². The highest BCUT2D eigenvalue weighted by Crippen LogP contribution is 2.29. The first kappa shape index (κ1) is 16.5. The van der Waals surface area contributed by atoms with Crippen molar-refractivity contribution in [3.8, 4) is 0 Å². The average Bonchev–Trinajstić information content (AvgIpc) is 3.17. The summed E-state index contributed by atoms with van der Waals surface area (Å²) < 4.78 is 0. The SMILES string of the molecule is Cc1cccc(CN2CCC(c3cc(N4CCCC4)ncn3)CC2)n1. The molecule has 2 saturated heterocycles. The van der Waals surface area contributed by atoms with Crippen LogP contribution in [-0.4, -0.2) is 46.0 Å². The first-order valence-corrected chi connectivity index (χ1v) is 9.50. The molecule has 0 unspecified atom stereocenters. The lowest BCUT2D eigenvalue weighted by Gasteiger charge is -2.31. The summed E-state index contributed by atoms with van der Waals surface area (Å²) in [5, 5.41) is 0. The third-order valence-electron chi connectivity index (χ3n) is 5.44. The molecule has 5 nitrogen and oxygen atoms in total. The van der Waals surface area contributed by atoms with Crippen molar-refractivity contribution in [3.63, 3.8) is 0 Å². The number of hydrogen-bond donors (Lipinski definition) is 0. The second kappa shape index (κ2) is 7.48. The van der Waals surface area contributed by atoms with Gasteiger partial charge in [0.05, 0.1) is 5.69 Å². The van der Waals surface area contributed by atoms with Gasteiger partial charge in [0, 0.05) is 43.0 Å². The molecule has 4 heterocycles.